The summed E-state index contributed by atoms with van der Waals surface area (Å²) < 4.78 is 5.37. The van der Waals surface area contributed by atoms with Crippen LogP contribution in [0.15, 0.2) is 12.3 Å². The van der Waals surface area contributed by atoms with Crippen molar-refractivity contribution in [2.75, 3.05) is 13.1 Å². The number of rotatable bonds is 5. The highest BCUT2D eigenvalue weighted by Crippen LogP contribution is 2.10. The number of aliphatic carboxylic acids is 1. The number of carboxylic acid groups (broad SMARTS) is 1. The standard InChI is InChI=1S/C9H17NO3/c1-7(13-9(2,3)4)5-10-6-8(11)12/h10H,1,5-6H2,2-4H3,(H,11,12). The van der Waals surface area contributed by atoms with E-state index in [1.54, 1.807) is 0 Å². The zero-order chi connectivity index (χ0) is 10.5. The molecule has 0 radical (unpaired) electrons. The van der Waals surface area contributed by atoms with E-state index < -0.39 is 5.97 Å². The lowest BCUT2D eigenvalue weighted by molar-refractivity contribution is -0.135. The van der Waals surface area contributed by atoms with E-state index in [0.29, 0.717) is 12.3 Å². The van der Waals surface area contributed by atoms with E-state index >= 15 is 0 Å². The zero-order valence-corrected chi connectivity index (χ0v) is 8.39. The van der Waals surface area contributed by atoms with Gasteiger partial charge in [-0.1, -0.05) is 6.58 Å². The second-order valence-corrected chi connectivity index (χ2v) is 3.75. The fourth-order valence-corrected chi connectivity index (χ4v) is 0.778. The lowest BCUT2D eigenvalue weighted by Crippen LogP contribution is -2.28. The van der Waals surface area contributed by atoms with Crippen molar-refractivity contribution in [2.45, 2.75) is 26.4 Å². The second kappa shape index (κ2) is 4.87. The highest BCUT2D eigenvalue weighted by molar-refractivity contribution is 5.69. The van der Waals surface area contributed by atoms with Crippen LogP contribution >= 0.6 is 0 Å². The Kier molecular flexibility index (Phi) is 4.48. The highest BCUT2D eigenvalue weighted by atomic mass is 16.5. The maximum absolute atomic E-state index is 10.1. The lowest BCUT2D eigenvalue weighted by Gasteiger charge is -2.22. The van der Waals surface area contributed by atoms with Crippen LogP contribution in [-0.4, -0.2) is 29.8 Å². The van der Waals surface area contributed by atoms with E-state index in [4.69, 9.17) is 9.84 Å². The Bertz CT molecular complexity index is 194. The predicted molar refractivity (Wildman–Crippen MR) is 50.5 cm³/mol. The molecule has 2 N–H and O–H groups in total. The van der Waals surface area contributed by atoms with Crippen LogP contribution in [0.25, 0.3) is 0 Å². The van der Waals surface area contributed by atoms with Gasteiger partial charge >= 0.3 is 5.97 Å². The van der Waals surface area contributed by atoms with Crippen LogP contribution < -0.4 is 5.32 Å². The number of hydrogen-bond acceptors (Lipinski definition) is 3. The van der Waals surface area contributed by atoms with Gasteiger partial charge in [-0.2, -0.15) is 0 Å². The molecule has 0 spiro atoms. The molecular formula is C9H17NO3. The minimum atomic E-state index is -0.886. The molecule has 13 heavy (non-hydrogen) atoms. The van der Waals surface area contributed by atoms with Gasteiger partial charge in [0.1, 0.15) is 11.4 Å². The van der Waals surface area contributed by atoms with E-state index in [1.165, 1.54) is 0 Å². The number of ether oxygens (including phenoxy) is 1. The summed E-state index contributed by atoms with van der Waals surface area (Å²) in [7, 11) is 0. The first kappa shape index (κ1) is 12.0. The molecule has 0 amide bonds. The van der Waals surface area contributed by atoms with Gasteiger partial charge < -0.3 is 9.84 Å². The number of nitrogens with one attached hydrogen (secondary N) is 1. The average Bonchev–Trinajstić information content (AvgIpc) is 1.81. The van der Waals surface area contributed by atoms with Crippen LogP contribution in [0.3, 0.4) is 0 Å². The van der Waals surface area contributed by atoms with E-state index in [2.05, 4.69) is 11.9 Å². The summed E-state index contributed by atoms with van der Waals surface area (Å²) in [5.74, 6) is -0.336. The Morgan fingerprint density at radius 3 is 2.38 bits per heavy atom. The Morgan fingerprint density at radius 1 is 1.46 bits per heavy atom. The van der Waals surface area contributed by atoms with Gasteiger partial charge in [0.05, 0.1) is 13.1 Å². The van der Waals surface area contributed by atoms with Crippen molar-refractivity contribution in [3.05, 3.63) is 12.3 Å². The molecule has 0 aliphatic rings. The van der Waals surface area contributed by atoms with Crippen molar-refractivity contribution in [1.29, 1.82) is 0 Å². The molecule has 76 valence electrons. The average molecular weight is 187 g/mol. The first-order valence-corrected chi connectivity index (χ1v) is 4.10. The maximum Gasteiger partial charge on any atom is 0.317 e. The molecule has 4 nitrogen and oxygen atoms in total. The van der Waals surface area contributed by atoms with Crippen LogP contribution in [0.5, 0.6) is 0 Å². The first-order chi connectivity index (χ1) is 5.81. The van der Waals surface area contributed by atoms with Crippen LogP contribution in [0, 0.1) is 0 Å². The van der Waals surface area contributed by atoms with Crippen LogP contribution in [0.2, 0.25) is 0 Å². The minimum Gasteiger partial charge on any atom is -0.492 e. The number of carboxylic acids is 1. The van der Waals surface area contributed by atoms with Gasteiger partial charge in [-0.3, -0.25) is 10.1 Å². The molecule has 4 heteroatoms. The molecule has 0 bridgehead atoms. The molecular weight excluding hydrogens is 170 g/mol. The first-order valence-electron chi connectivity index (χ1n) is 4.10. The van der Waals surface area contributed by atoms with E-state index in [9.17, 15) is 4.79 Å². The number of hydrogen-bond donors (Lipinski definition) is 2. The molecule has 0 unspecified atom stereocenters. The summed E-state index contributed by atoms with van der Waals surface area (Å²) in [6.45, 7) is 9.68. The fourth-order valence-electron chi connectivity index (χ4n) is 0.778. The van der Waals surface area contributed by atoms with Crippen molar-refractivity contribution >= 4 is 5.97 Å². The predicted octanol–water partition coefficient (Wildman–Crippen LogP) is 0.989. The summed E-state index contributed by atoms with van der Waals surface area (Å²) in [6, 6.07) is 0. The summed E-state index contributed by atoms with van der Waals surface area (Å²) >= 11 is 0. The van der Waals surface area contributed by atoms with E-state index in [1.807, 2.05) is 20.8 Å². The van der Waals surface area contributed by atoms with Crippen molar-refractivity contribution < 1.29 is 14.6 Å². The SMILES string of the molecule is C=C(CNCC(=O)O)OC(C)(C)C. The molecule has 0 aromatic carbocycles. The smallest absolute Gasteiger partial charge is 0.317 e. The van der Waals surface area contributed by atoms with Gasteiger partial charge in [-0.15, -0.1) is 0 Å². The third kappa shape index (κ3) is 8.88. The topological polar surface area (TPSA) is 58.6 Å². The van der Waals surface area contributed by atoms with Gasteiger partial charge in [0.2, 0.25) is 0 Å². The molecule has 0 rings (SSSR count). The third-order valence-electron chi connectivity index (χ3n) is 1.05. The van der Waals surface area contributed by atoms with Gasteiger partial charge in [-0.05, 0) is 20.8 Å². The molecule has 0 fully saturated rings. The van der Waals surface area contributed by atoms with E-state index in [0.717, 1.165) is 0 Å². The maximum atomic E-state index is 10.1. The fraction of sp³-hybridized carbons (Fsp3) is 0.667. The van der Waals surface area contributed by atoms with Crippen molar-refractivity contribution in [3.63, 3.8) is 0 Å². The molecule has 0 aromatic heterocycles. The Balaban J connectivity index is 3.59. The van der Waals surface area contributed by atoms with Crippen LogP contribution in [-0.2, 0) is 9.53 Å². The normalized spacial score (nSPS) is 11.0. The van der Waals surface area contributed by atoms with E-state index in [-0.39, 0.29) is 12.1 Å². The van der Waals surface area contributed by atoms with Crippen LogP contribution in [0.4, 0.5) is 0 Å². The summed E-state index contributed by atoms with van der Waals surface area (Å²) in [6.07, 6.45) is 0. The monoisotopic (exact) mass is 187 g/mol. The van der Waals surface area contributed by atoms with Crippen LogP contribution in [0.1, 0.15) is 20.8 Å². The summed E-state index contributed by atoms with van der Waals surface area (Å²) in [4.78, 5) is 10.1. The Morgan fingerprint density at radius 2 is 2.00 bits per heavy atom. The van der Waals surface area contributed by atoms with Gasteiger partial charge in [0.25, 0.3) is 0 Å². The van der Waals surface area contributed by atoms with Crippen molar-refractivity contribution in [2.24, 2.45) is 0 Å². The zero-order valence-electron chi connectivity index (χ0n) is 8.39. The lowest BCUT2D eigenvalue weighted by atomic mass is 10.2. The summed E-state index contributed by atoms with van der Waals surface area (Å²) in [5.41, 5.74) is -0.276. The highest BCUT2D eigenvalue weighted by Gasteiger charge is 2.11. The molecule has 0 heterocycles. The minimum absolute atomic E-state index is 0.0769. The molecule has 0 atom stereocenters. The Hall–Kier alpha value is -1.03. The van der Waals surface area contributed by atoms with Gasteiger partial charge in [-0.25, -0.2) is 0 Å². The largest absolute Gasteiger partial charge is 0.492 e. The number of carbonyl (C=O) groups is 1. The van der Waals surface area contributed by atoms with Crippen molar-refractivity contribution in [1.82, 2.24) is 5.32 Å². The molecule has 0 saturated heterocycles. The Labute approximate surface area is 78.6 Å². The molecule has 0 aliphatic carbocycles. The molecule has 0 saturated carbocycles. The van der Waals surface area contributed by atoms with Gasteiger partial charge in [0.15, 0.2) is 0 Å². The second-order valence-electron chi connectivity index (χ2n) is 3.75. The summed E-state index contributed by atoms with van der Waals surface area (Å²) in [5, 5.41) is 11.0. The third-order valence-corrected chi connectivity index (χ3v) is 1.05. The van der Waals surface area contributed by atoms with Crippen molar-refractivity contribution in [3.8, 4) is 0 Å². The van der Waals surface area contributed by atoms with Gasteiger partial charge in [0, 0.05) is 0 Å². The molecule has 0 aromatic rings. The molecule has 0 aliphatic heterocycles. The quantitative estimate of drug-likeness (QED) is 0.630.